The SMILES string of the molecule is O=C1NCCCC(F)C1(F)F. The van der Waals surface area contributed by atoms with Gasteiger partial charge < -0.3 is 5.32 Å². The van der Waals surface area contributed by atoms with Gasteiger partial charge in [0.2, 0.25) is 0 Å². The second-order valence-electron chi connectivity index (χ2n) is 2.49. The van der Waals surface area contributed by atoms with Gasteiger partial charge in [-0.05, 0) is 12.8 Å². The third kappa shape index (κ3) is 1.46. The van der Waals surface area contributed by atoms with Crippen LogP contribution in [0.15, 0.2) is 0 Å². The van der Waals surface area contributed by atoms with Crippen LogP contribution >= 0.6 is 0 Å². The molecule has 1 amide bonds. The van der Waals surface area contributed by atoms with Crippen LogP contribution in [-0.2, 0) is 4.79 Å². The minimum Gasteiger partial charge on any atom is -0.351 e. The van der Waals surface area contributed by atoms with E-state index in [0.717, 1.165) is 0 Å². The van der Waals surface area contributed by atoms with Crippen molar-refractivity contribution in [2.75, 3.05) is 6.54 Å². The van der Waals surface area contributed by atoms with E-state index in [9.17, 15) is 18.0 Å². The molecule has 0 saturated carbocycles. The maximum absolute atomic E-state index is 12.5. The highest BCUT2D eigenvalue weighted by Gasteiger charge is 2.48. The molecule has 1 aliphatic rings. The summed E-state index contributed by atoms with van der Waals surface area (Å²) in [6, 6.07) is 0. The Labute approximate surface area is 61.8 Å². The van der Waals surface area contributed by atoms with Crippen LogP contribution in [0, 0.1) is 0 Å². The average molecular weight is 167 g/mol. The fourth-order valence-electron chi connectivity index (χ4n) is 0.925. The van der Waals surface area contributed by atoms with E-state index in [1.54, 1.807) is 0 Å². The highest BCUT2D eigenvalue weighted by molar-refractivity contribution is 5.84. The fourth-order valence-corrected chi connectivity index (χ4v) is 0.925. The number of amides is 1. The summed E-state index contributed by atoms with van der Waals surface area (Å²) in [5.41, 5.74) is 0. The molecule has 0 aromatic carbocycles. The van der Waals surface area contributed by atoms with Crippen LogP contribution in [0.3, 0.4) is 0 Å². The summed E-state index contributed by atoms with van der Waals surface area (Å²) in [7, 11) is 0. The second-order valence-corrected chi connectivity index (χ2v) is 2.49. The number of hydrogen-bond donors (Lipinski definition) is 1. The van der Waals surface area contributed by atoms with Gasteiger partial charge >= 0.3 is 5.92 Å². The molecule has 1 fully saturated rings. The van der Waals surface area contributed by atoms with E-state index in [2.05, 4.69) is 0 Å². The van der Waals surface area contributed by atoms with E-state index >= 15 is 0 Å². The molecular formula is C6H8F3NO. The number of nitrogens with one attached hydrogen (secondary N) is 1. The lowest BCUT2D eigenvalue weighted by atomic mass is 10.1. The van der Waals surface area contributed by atoms with Gasteiger partial charge in [-0.1, -0.05) is 0 Å². The first-order valence-corrected chi connectivity index (χ1v) is 3.35. The summed E-state index contributed by atoms with van der Waals surface area (Å²) < 4.78 is 37.4. The quantitative estimate of drug-likeness (QED) is 0.569. The predicted molar refractivity (Wildman–Crippen MR) is 32.1 cm³/mol. The summed E-state index contributed by atoms with van der Waals surface area (Å²) in [4.78, 5) is 10.4. The van der Waals surface area contributed by atoms with Crippen molar-refractivity contribution in [1.82, 2.24) is 5.32 Å². The molecule has 0 aromatic heterocycles. The Morgan fingerprint density at radius 1 is 1.55 bits per heavy atom. The van der Waals surface area contributed by atoms with Crippen molar-refractivity contribution < 1.29 is 18.0 Å². The van der Waals surface area contributed by atoms with Crippen LogP contribution in [0.25, 0.3) is 0 Å². The molecule has 1 unspecified atom stereocenters. The molecule has 11 heavy (non-hydrogen) atoms. The number of carbonyl (C=O) groups is 1. The number of carbonyl (C=O) groups excluding carboxylic acids is 1. The molecule has 0 aliphatic carbocycles. The van der Waals surface area contributed by atoms with Crippen LogP contribution in [0.4, 0.5) is 13.2 Å². The minimum absolute atomic E-state index is 0.134. The van der Waals surface area contributed by atoms with Gasteiger partial charge in [0.25, 0.3) is 5.91 Å². The molecule has 1 saturated heterocycles. The molecule has 2 nitrogen and oxygen atoms in total. The number of hydrogen-bond acceptors (Lipinski definition) is 1. The normalized spacial score (nSPS) is 30.8. The topological polar surface area (TPSA) is 29.1 Å². The van der Waals surface area contributed by atoms with Gasteiger partial charge in [-0.25, -0.2) is 4.39 Å². The maximum atomic E-state index is 12.5. The molecule has 64 valence electrons. The molecule has 1 atom stereocenters. The molecule has 0 spiro atoms. The molecule has 1 N–H and O–H groups in total. The van der Waals surface area contributed by atoms with Crippen LogP contribution < -0.4 is 5.32 Å². The van der Waals surface area contributed by atoms with Crippen molar-refractivity contribution in [3.8, 4) is 0 Å². The third-order valence-corrected chi connectivity index (χ3v) is 1.62. The molecule has 0 radical (unpaired) electrons. The van der Waals surface area contributed by atoms with Crippen LogP contribution in [0.5, 0.6) is 0 Å². The third-order valence-electron chi connectivity index (χ3n) is 1.62. The molecule has 1 heterocycles. The number of alkyl halides is 3. The van der Waals surface area contributed by atoms with Crippen molar-refractivity contribution in [3.05, 3.63) is 0 Å². The first kappa shape index (κ1) is 8.36. The Balaban J connectivity index is 2.76. The molecule has 0 bridgehead atoms. The highest BCUT2D eigenvalue weighted by atomic mass is 19.3. The minimum atomic E-state index is -3.84. The Morgan fingerprint density at radius 3 is 2.82 bits per heavy atom. The summed E-state index contributed by atoms with van der Waals surface area (Å²) in [6.07, 6.45) is -2.32. The van der Waals surface area contributed by atoms with Crippen molar-refractivity contribution in [3.63, 3.8) is 0 Å². The Morgan fingerprint density at radius 2 is 2.18 bits per heavy atom. The van der Waals surface area contributed by atoms with Gasteiger partial charge in [-0.3, -0.25) is 4.79 Å². The fraction of sp³-hybridized carbons (Fsp3) is 0.833. The lowest BCUT2D eigenvalue weighted by Crippen LogP contribution is -2.44. The van der Waals surface area contributed by atoms with Gasteiger partial charge in [-0.15, -0.1) is 0 Å². The molecule has 1 aliphatic heterocycles. The summed E-state index contributed by atoms with van der Waals surface area (Å²) in [5, 5.41) is 1.94. The van der Waals surface area contributed by atoms with Gasteiger partial charge in [0.15, 0.2) is 6.17 Å². The largest absolute Gasteiger partial charge is 0.354 e. The van der Waals surface area contributed by atoms with Crippen LogP contribution in [-0.4, -0.2) is 24.5 Å². The molecule has 1 rings (SSSR count). The van der Waals surface area contributed by atoms with E-state index in [-0.39, 0.29) is 19.4 Å². The summed E-state index contributed by atoms with van der Waals surface area (Å²) in [5.74, 6) is -5.33. The first-order chi connectivity index (χ1) is 5.05. The smallest absolute Gasteiger partial charge is 0.351 e. The van der Waals surface area contributed by atoms with E-state index < -0.39 is 18.0 Å². The van der Waals surface area contributed by atoms with Crippen molar-refractivity contribution in [1.29, 1.82) is 0 Å². The zero-order valence-electron chi connectivity index (χ0n) is 5.74. The van der Waals surface area contributed by atoms with Crippen LogP contribution in [0.2, 0.25) is 0 Å². The number of rotatable bonds is 0. The highest BCUT2D eigenvalue weighted by Crippen LogP contribution is 2.26. The van der Waals surface area contributed by atoms with Crippen LogP contribution in [0.1, 0.15) is 12.8 Å². The first-order valence-electron chi connectivity index (χ1n) is 3.35. The zero-order valence-corrected chi connectivity index (χ0v) is 5.74. The van der Waals surface area contributed by atoms with Crippen molar-refractivity contribution in [2.45, 2.75) is 24.9 Å². The van der Waals surface area contributed by atoms with Crippen molar-refractivity contribution >= 4 is 5.91 Å². The Hall–Kier alpha value is -0.740. The second kappa shape index (κ2) is 2.71. The van der Waals surface area contributed by atoms with Crippen molar-refractivity contribution in [2.24, 2.45) is 0 Å². The summed E-state index contributed by atoms with van der Waals surface area (Å²) in [6.45, 7) is 0.134. The van der Waals surface area contributed by atoms with Gasteiger partial charge in [0.1, 0.15) is 0 Å². The molecular weight excluding hydrogens is 159 g/mol. The standard InChI is InChI=1S/C6H8F3NO/c7-4-2-1-3-10-5(11)6(4,8)9/h4H,1-3H2,(H,10,11). The zero-order chi connectivity index (χ0) is 8.48. The van der Waals surface area contributed by atoms with E-state index in [1.807, 2.05) is 5.32 Å². The maximum Gasteiger partial charge on any atom is 0.354 e. The number of halogens is 3. The van der Waals surface area contributed by atoms with Gasteiger partial charge in [0.05, 0.1) is 0 Å². The summed E-state index contributed by atoms with van der Waals surface area (Å²) >= 11 is 0. The molecule has 0 aromatic rings. The monoisotopic (exact) mass is 167 g/mol. The van der Waals surface area contributed by atoms with E-state index in [4.69, 9.17) is 0 Å². The van der Waals surface area contributed by atoms with Gasteiger partial charge in [-0.2, -0.15) is 8.78 Å². The Bertz CT molecular complexity index is 171. The van der Waals surface area contributed by atoms with E-state index in [0.29, 0.717) is 0 Å². The Kier molecular flexibility index (Phi) is 2.06. The van der Waals surface area contributed by atoms with E-state index in [1.165, 1.54) is 0 Å². The average Bonchev–Trinajstić information content (AvgIpc) is 2.03. The molecule has 5 heteroatoms. The lowest BCUT2D eigenvalue weighted by molar-refractivity contribution is -0.154. The predicted octanol–water partition coefficient (Wildman–Crippen LogP) is 0.870. The lowest BCUT2D eigenvalue weighted by Gasteiger charge is -2.14. The van der Waals surface area contributed by atoms with Gasteiger partial charge in [0, 0.05) is 6.54 Å².